The van der Waals surface area contributed by atoms with E-state index in [-0.39, 0.29) is 19.0 Å². The highest BCUT2D eigenvalue weighted by molar-refractivity contribution is 5.76. The monoisotopic (exact) mass is 277 g/mol. The van der Waals surface area contributed by atoms with E-state index in [1.165, 1.54) is 4.90 Å². The maximum absolute atomic E-state index is 12.3. The second-order valence-electron chi connectivity index (χ2n) is 4.53. The largest absolute Gasteiger partial charge is 0.435 e. The number of aliphatic hydroxyl groups excluding tert-OH is 1. The van der Waals surface area contributed by atoms with Crippen LogP contribution in [-0.2, 0) is 17.5 Å². The summed E-state index contributed by atoms with van der Waals surface area (Å²) in [6, 6.07) is 0.832. The van der Waals surface area contributed by atoms with Gasteiger partial charge in [-0.3, -0.25) is 9.48 Å². The zero-order valence-corrected chi connectivity index (χ0v) is 10.1. The maximum Gasteiger partial charge on any atom is 0.435 e. The van der Waals surface area contributed by atoms with Gasteiger partial charge in [0.15, 0.2) is 5.69 Å². The van der Waals surface area contributed by atoms with Crippen LogP contribution in [0.4, 0.5) is 13.2 Å². The summed E-state index contributed by atoms with van der Waals surface area (Å²) in [6.45, 7) is 0.498. The highest BCUT2D eigenvalue weighted by Crippen LogP contribution is 2.27. The molecule has 0 saturated carbocycles. The highest BCUT2D eigenvalue weighted by Gasteiger charge is 2.33. The molecule has 0 bridgehead atoms. The number of likely N-dealkylation sites (tertiary alicyclic amines) is 1. The van der Waals surface area contributed by atoms with Gasteiger partial charge in [0.1, 0.15) is 6.54 Å². The predicted molar refractivity (Wildman–Crippen MR) is 59.0 cm³/mol. The molecule has 1 N–H and O–H groups in total. The number of aliphatic hydroxyl groups is 1. The Hall–Kier alpha value is -1.57. The summed E-state index contributed by atoms with van der Waals surface area (Å²) in [5.74, 6) is -0.337. The van der Waals surface area contributed by atoms with Crippen molar-refractivity contribution < 1.29 is 23.1 Å². The molecule has 106 valence electrons. The first-order valence-corrected chi connectivity index (χ1v) is 5.93. The zero-order valence-electron chi connectivity index (χ0n) is 10.1. The van der Waals surface area contributed by atoms with Crippen LogP contribution in [0.5, 0.6) is 0 Å². The SMILES string of the molecule is O=C(Cn1ccc(C(F)(F)F)n1)N1CCCC(O)C1. The average Bonchev–Trinajstić information content (AvgIpc) is 2.77. The lowest BCUT2D eigenvalue weighted by atomic mass is 10.1. The summed E-state index contributed by atoms with van der Waals surface area (Å²) in [7, 11) is 0. The maximum atomic E-state index is 12.3. The smallest absolute Gasteiger partial charge is 0.391 e. The number of rotatable bonds is 2. The number of halogens is 3. The van der Waals surface area contributed by atoms with Crippen molar-refractivity contribution in [3.05, 3.63) is 18.0 Å². The van der Waals surface area contributed by atoms with E-state index in [2.05, 4.69) is 5.10 Å². The number of carbonyl (C=O) groups is 1. The summed E-state index contributed by atoms with van der Waals surface area (Å²) in [4.78, 5) is 13.3. The Kier molecular flexibility index (Phi) is 3.79. The minimum atomic E-state index is -4.50. The molecule has 0 aromatic carbocycles. The molecular weight excluding hydrogens is 263 g/mol. The van der Waals surface area contributed by atoms with Crippen molar-refractivity contribution in [2.75, 3.05) is 13.1 Å². The van der Waals surface area contributed by atoms with Crippen molar-refractivity contribution in [3.63, 3.8) is 0 Å². The number of alkyl halides is 3. The molecule has 0 spiro atoms. The van der Waals surface area contributed by atoms with E-state index in [9.17, 15) is 23.1 Å². The molecular formula is C11H14F3N3O2. The normalized spacial score (nSPS) is 20.6. The molecule has 0 aliphatic carbocycles. The van der Waals surface area contributed by atoms with Crippen LogP contribution < -0.4 is 0 Å². The third-order valence-electron chi connectivity index (χ3n) is 2.98. The van der Waals surface area contributed by atoms with Gasteiger partial charge in [-0.05, 0) is 18.9 Å². The summed E-state index contributed by atoms with van der Waals surface area (Å²) in [6.07, 6.45) is -2.60. The molecule has 1 atom stereocenters. The van der Waals surface area contributed by atoms with Crippen molar-refractivity contribution in [2.45, 2.75) is 31.7 Å². The van der Waals surface area contributed by atoms with Crippen LogP contribution >= 0.6 is 0 Å². The third kappa shape index (κ3) is 3.46. The molecule has 1 fully saturated rings. The second-order valence-corrected chi connectivity index (χ2v) is 4.53. The van der Waals surface area contributed by atoms with Gasteiger partial charge >= 0.3 is 6.18 Å². The molecule has 2 heterocycles. The van der Waals surface area contributed by atoms with Crippen molar-refractivity contribution in [1.82, 2.24) is 14.7 Å². The van der Waals surface area contributed by atoms with Gasteiger partial charge in [-0.1, -0.05) is 0 Å². The molecule has 5 nitrogen and oxygen atoms in total. The Labute approximate surface area is 107 Å². The van der Waals surface area contributed by atoms with E-state index >= 15 is 0 Å². The Bertz CT molecular complexity index is 458. The van der Waals surface area contributed by atoms with E-state index in [1.807, 2.05) is 0 Å². The Morgan fingerprint density at radius 1 is 1.53 bits per heavy atom. The first-order chi connectivity index (χ1) is 8.86. The van der Waals surface area contributed by atoms with Gasteiger partial charge in [0.25, 0.3) is 0 Å². The van der Waals surface area contributed by atoms with Crippen LogP contribution in [0.2, 0.25) is 0 Å². The molecule has 1 aromatic rings. The Balaban J connectivity index is 1.97. The number of β-amino-alcohol motifs (C(OH)–C–C–N with tert-alkyl or cyclic N) is 1. The second kappa shape index (κ2) is 5.20. The van der Waals surface area contributed by atoms with E-state index < -0.39 is 18.0 Å². The molecule has 8 heteroatoms. The quantitative estimate of drug-likeness (QED) is 0.873. The van der Waals surface area contributed by atoms with Crippen LogP contribution in [0.1, 0.15) is 18.5 Å². The Morgan fingerprint density at radius 2 is 2.26 bits per heavy atom. The number of piperidine rings is 1. The molecule has 1 aromatic heterocycles. The topological polar surface area (TPSA) is 58.4 Å². The molecule has 1 unspecified atom stereocenters. The van der Waals surface area contributed by atoms with Gasteiger partial charge in [0, 0.05) is 19.3 Å². The Morgan fingerprint density at radius 3 is 2.84 bits per heavy atom. The van der Waals surface area contributed by atoms with Crippen LogP contribution in [-0.4, -0.2) is 44.9 Å². The minimum absolute atomic E-state index is 0.228. The first kappa shape index (κ1) is 13.9. The molecule has 1 aliphatic rings. The van der Waals surface area contributed by atoms with Gasteiger partial charge in [-0.25, -0.2) is 0 Å². The molecule has 1 aliphatic heterocycles. The molecule has 0 radical (unpaired) electrons. The van der Waals surface area contributed by atoms with Gasteiger partial charge in [0.2, 0.25) is 5.91 Å². The average molecular weight is 277 g/mol. The number of carbonyl (C=O) groups excluding carboxylic acids is 1. The number of hydrogen-bond acceptors (Lipinski definition) is 3. The van der Waals surface area contributed by atoms with Crippen molar-refractivity contribution >= 4 is 5.91 Å². The summed E-state index contributed by atoms with van der Waals surface area (Å²) < 4.78 is 38.0. The van der Waals surface area contributed by atoms with E-state index in [0.29, 0.717) is 19.4 Å². The summed E-state index contributed by atoms with van der Waals surface area (Å²) in [5.41, 5.74) is -1.01. The summed E-state index contributed by atoms with van der Waals surface area (Å²) in [5, 5.41) is 12.8. The predicted octanol–water partition coefficient (Wildman–Crippen LogP) is 0.885. The van der Waals surface area contributed by atoms with Crippen LogP contribution in [0.15, 0.2) is 12.3 Å². The fourth-order valence-electron chi connectivity index (χ4n) is 2.02. The molecule has 1 saturated heterocycles. The van der Waals surface area contributed by atoms with Crippen molar-refractivity contribution in [2.24, 2.45) is 0 Å². The van der Waals surface area contributed by atoms with E-state index in [0.717, 1.165) is 16.9 Å². The fourth-order valence-corrected chi connectivity index (χ4v) is 2.02. The standard InChI is InChI=1S/C11H14F3N3O2/c12-11(13,14)9-3-5-17(15-9)7-10(19)16-4-1-2-8(18)6-16/h3,5,8,18H,1-2,4,6-7H2. The third-order valence-corrected chi connectivity index (χ3v) is 2.98. The van der Waals surface area contributed by atoms with Gasteiger partial charge < -0.3 is 10.0 Å². The number of aromatic nitrogens is 2. The number of nitrogens with zero attached hydrogens (tertiary/aromatic N) is 3. The van der Waals surface area contributed by atoms with E-state index in [4.69, 9.17) is 0 Å². The number of hydrogen-bond donors (Lipinski definition) is 1. The first-order valence-electron chi connectivity index (χ1n) is 5.93. The zero-order chi connectivity index (χ0) is 14.0. The molecule has 19 heavy (non-hydrogen) atoms. The van der Waals surface area contributed by atoms with Gasteiger partial charge in [-0.15, -0.1) is 0 Å². The lowest BCUT2D eigenvalue weighted by Crippen LogP contribution is -2.43. The van der Waals surface area contributed by atoms with Crippen LogP contribution in [0.3, 0.4) is 0 Å². The fraction of sp³-hybridized carbons (Fsp3) is 0.636. The molecule has 2 rings (SSSR count). The van der Waals surface area contributed by atoms with Crippen LogP contribution in [0, 0.1) is 0 Å². The summed E-state index contributed by atoms with van der Waals surface area (Å²) >= 11 is 0. The van der Waals surface area contributed by atoms with Gasteiger partial charge in [-0.2, -0.15) is 18.3 Å². The van der Waals surface area contributed by atoms with Gasteiger partial charge in [0.05, 0.1) is 6.10 Å². The van der Waals surface area contributed by atoms with E-state index in [1.54, 1.807) is 0 Å². The minimum Gasteiger partial charge on any atom is -0.391 e. The van der Waals surface area contributed by atoms with Crippen molar-refractivity contribution in [1.29, 1.82) is 0 Å². The lowest BCUT2D eigenvalue weighted by molar-refractivity contribution is -0.142. The lowest BCUT2D eigenvalue weighted by Gasteiger charge is -2.30. The number of amides is 1. The van der Waals surface area contributed by atoms with Crippen molar-refractivity contribution in [3.8, 4) is 0 Å². The molecule has 1 amide bonds. The highest BCUT2D eigenvalue weighted by atomic mass is 19.4. The van der Waals surface area contributed by atoms with Crippen LogP contribution in [0.25, 0.3) is 0 Å².